The second-order valence-electron chi connectivity index (χ2n) is 11.0. The number of anilines is 2. The SMILES string of the molecule is Cc1nc(F)ccc1C(Nc1cc(Cl)c2ncc(C#N)c(NCC3(C(F)F)CC3)c2c1)c1cn(C2(C(F)(F)F)CC2)nn1. The van der Waals surface area contributed by atoms with Gasteiger partial charge in [-0.2, -0.15) is 22.8 Å². The second-order valence-corrected chi connectivity index (χ2v) is 11.4. The van der Waals surface area contributed by atoms with Gasteiger partial charge in [0.1, 0.15) is 11.8 Å². The summed E-state index contributed by atoms with van der Waals surface area (Å²) >= 11 is 6.58. The monoisotopic (exact) mass is 620 g/mol. The highest BCUT2D eigenvalue weighted by Crippen LogP contribution is 2.55. The number of alkyl halides is 5. The molecule has 8 nitrogen and oxygen atoms in total. The van der Waals surface area contributed by atoms with Gasteiger partial charge in [0.05, 0.1) is 34.0 Å². The number of benzene rings is 1. The Kier molecular flexibility index (Phi) is 6.91. The molecule has 3 heterocycles. The number of fused-ring (bicyclic) bond motifs is 1. The molecule has 2 fully saturated rings. The van der Waals surface area contributed by atoms with Gasteiger partial charge in [-0.15, -0.1) is 5.10 Å². The molecule has 1 aromatic carbocycles. The van der Waals surface area contributed by atoms with Crippen LogP contribution in [-0.4, -0.2) is 44.1 Å². The van der Waals surface area contributed by atoms with Gasteiger partial charge < -0.3 is 10.6 Å². The molecule has 0 radical (unpaired) electrons. The lowest BCUT2D eigenvalue weighted by atomic mass is 10.0. The minimum atomic E-state index is -4.53. The van der Waals surface area contributed by atoms with E-state index < -0.39 is 35.5 Å². The minimum Gasteiger partial charge on any atom is -0.383 e. The number of aromatic nitrogens is 5. The third-order valence-corrected chi connectivity index (χ3v) is 8.52. The van der Waals surface area contributed by atoms with Crippen molar-refractivity contribution in [3.8, 4) is 6.07 Å². The van der Waals surface area contributed by atoms with Crippen molar-refractivity contribution >= 4 is 33.9 Å². The molecule has 0 bridgehead atoms. The summed E-state index contributed by atoms with van der Waals surface area (Å²) < 4.78 is 83.3. The largest absolute Gasteiger partial charge is 0.413 e. The zero-order valence-corrected chi connectivity index (χ0v) is 23.2. The van der Waals surface area contributed by atoms with E-state index in [4.69, 9.17) is 11.6 Å². The molecule has 2 N–H and O–H groups in total. The summed E-state index contributed by atoms with van der Waals surface area (Å²) in [7, 11) is 0. The van der Waals surface area contributed by atoms with Crippen LogP contribution in [0.5, 0.6) is 0 Å². The summed E-state index contributed by atoms with van der Waals surface area (Å²) in [5, 5.41) is 24.3. The van der Waals surface area contributed by atoms with E-state index in [2.05, 4.69) is 30.9 Å². The molecule has 6 rings (SSSR count). The standard InChI is InChI=1S/C28H23ClF6N8/c1-14-17(2-3-21(30)39-14)24(20-12-43(42-41-20)27(6-7-27)28(33,34)35)40-16-8-18-22(38-13-26(4-5-26)25(31)32)15(10-36)11-37-23(18)19(29)9-16/h2-3,8-9,11-12,24-25,40H,4-7,13H2,1H3,(H,37,38). The molecule has 0 spiro atoms. The third-order valence-electron chi connectivity index (χ3n) is 8.23. The fourth-order valence-electron chi connectivity index (χ4n) is 5.22. The normalized spacial score (nSPS) is 17.5. The van der Waals surface area contributed by atoms with E-state index in [0.29, 0.717) is 35.0 Å². The lowest BCUT2D eigenvalue weighted by Gasteiger charge is -2.22. The summed E-state index contributed by atoms with van der Waals surface area (Å²) in [5.41, 5.74) is -1.50. The Labute approximate surface area is 246 Å². The molecular weight excluding hydrogens is 598 g/mol. The van der Waals surface area contributed by atoms with Gasteiger partial charge in [0.2, 0.25) is 12.4 Å². The molecule has 2 aliphatic carbocycles. The highest BCUT2D eigenvalue weighted by molar-refractivity contribution is 6.35. The van der Waals surface area contributed by atoms with E-state index in [1.165, 1.54) is 24.5 Å². The molecule has 4 aromatic rings. The zero-order valence-electron chi connectivity index (χ0n) is 22.5. The molecule has 1 unspecified atom stereocenters. The molecule has 2 aliphatic rings. The van der Waals surface area contributed by atoms with Crippen LogP contribution in [0.4, 0.5) is 37.7 Å². The summed E-state index contributed by atoms with van der Waals surface area (Å²) in [6, 6.07) is 6.75. The molecule has 43 heavy (non-hydrogen) atoms. The molecule has 2 saturated carbocycles. The molecular formula is C28H23ClF6N8. The number of hydrogen-bond donors (Lipinski definition) is 2. The maximum Gasteiger partial charge on any atom is 0.413 e. The first-order valence-electron chi connectivity index (χ1n) is 13.3. The number of nitriles is 1. The Morgan fingerprint density at radius 3 is 2.51 bits per heavy atom. The quantitative estimate of drug-likeness (QED) is 0.155. The summed E-state index contributed by atoms with van der Waals surface area (Å²) in [5.74, 6) is -0.741. The van der Waals surface area contributed by atoms with E-state index in [9.17, 15) is 31.6 Å². The first-order chi connectivity index (χ1) is 20.4. The number of pyridine rings is 2. The van der Waals surface area contributed by atoms with Crippen LogP contribution in [0.2, 0.25) is 5.02 Å². The number of hydrogen-bond acceptors (Lipinski definition) is 7. The fourth-order valence-corrected chi connectivity index (χ4v) is 5.49. The first-order valence-corrected chi connectivity index (χ1v) is 13.7. The summed E-state index contributed by atoms with van der Waals surface area (Å²) in [4.78, 5) is 8.13. The van der Waals surface area contributed by atoms with Gasteiger partial charge in [0.25, 0.3) is 0 Å². The van der Waals surface area contributed by atoms with Gasteiger partial charge in [0, 0.05) is 40.5 Å². The Morgan fingerprint density at radius 1 is 1.16 bits per heavy atom. The third kappa shape index (κ3) is 5.09. The highest BCUT2D eigenvalue weighted by atomic mass is 35.5. The van der Waals surface area contributed by atoms with Crippen LogP contribution < -0.4 is 10.6 Å². The minimum absolute atomic E-state index is 0.0686. The number of nitrogens with zero attached hydrogens (tertiary/aromatic N) is 6. The smallest absolute Gasteiger partial charge is 0.383 e. The van der Waals surface area contributed by atoms with Crippen molar-refractivity contribution in [2.75, 3.05) is 17.2 Å². The van der Waals surface area contributed by atoms with Crippen molar-refractivity contribution in [2.24, 2.45) is 5.41 Å². The Balaban J connectivity index is 1.42. The molecule has 3 aromatic heterocycles. The Hall–Kier alpha value is -4.12. The van der Waals surface area contributed by atoms with E-state index in [1.54, 1.807) is 13.0 Å². The van der Waals surface area contributed by atoms with Gasteiger partial charge in [0.15, 0.2) is 5.54 Å². The number of halogens is 7. The van der Waals surface area contributed by atoms with Gasteiger partial charge in [-0.1, -0.05) is 22.9 Å². The number of aryl methyl sites for hydroxylation is 1. The zero-order chi connectivity index (χ0) is 30.7. The van der Waals surface area contributed by atoms with Crippen LogP contribution in [0, 0.1) is 29.6 Å². The van der Waals surface area contributed by atoms with Crippen LogP contribution in [0.1, 0.15) is 54.2 Å². The van der Waals surface area contributed by atoms with Gasteiger partial charge in [-0.25, -0.2) is 18.4 Å². The maximum atomic E-state index is 13.9. The first kappa shape index (κ1) is 29.0. The Bertz CT molecular complexity index is 1760. The highest BCUT2D eigenvalue weighted by Gasteiger charge is 2.66. The molecule has 0 amide bonds. The topological polar surface area (TPSA) is 104 Å². The van der Waals surface area contributed by atoms with E-state index >= 15 is 0 Å². The average Bonchev–Trinajstić information content (AvgIpc) is 3.87. The molecule has 1 atom stereocenters. The van der Waals surface area contributed by atoms with E-state index in [0.717, 1.165) is 10.7 Å². The van der Waals surface area contributed by atoms with Crippen LogP contribution >= 0.6 is 11.6 Å². The summed E-state index contributed by atoms with van der Waals surface area (Å²) in [6.07, 6.45) is -4.14. The van der Waals surface area contributed by atoms with Crippen LogP contribution in [0.15, 0.2) is 36.7 Å². The predicted molar refractivity (Wildman–Crippen MR) is 145 cm³/mol. The molecule has 0 aliphatic heterocycles. The second kappa shape index (κ2) is 10.3. The lowest BCUT2D eigenvalue weighted by Crippen LogP contribution is -2.35. The van der Waals surface area contributed by atoms with E-state index in [1.807, 2.05) is 6.07 Å². The van der Waals surface area contributed by atoms with Crippen molar-refractivity contribution in [2.45, 2.75) is 56.8 Å². The average molecular weight is 621 g/mol. The van der Waals surface area contributed by atoms with E-state index in [-0.39, 0.29) is 47.0 Å². The van der Waals surface area contributed by atoms with Crippen molar-refractivity contribution in [1.82, 2.24) is 25.0 Å². The molecule has 0 saturated heterocycles. The Morgan fingerprint density at radius 2 is 1.91 bits per heavy atom. The van der Waals surface area contributed by atoms with Crippen molar-refractivity contribution in [1.29, 1.82) is 5.26 Å². The van der Waals surface area contributed by atoms with Crippen molar-refractivity contribution in [3.63, 3.8) is 0 Å². The molecule has 15 heteroatoms. The van der Waals surface area contributed by atoms with Crippen molar-refractivity contribution < 1.29 is 26.3 Å². The van der Waals surface area contributed by atoms with Crippen molar-refractivity contribution in [3.05, 3.63) is 70.1 Å². The lowest BCUT2D eigenvalue weighted by molar-refractivity contribution is -0.182. The van der Waals surface area contributed by atoms with Crippen LogP contribution in [0.25, 0.3) is 10.9 Å². The number of rotatable bonds is 9. The van der Waals surface area contributed by atoms with Crippen LogP contribution in [0.3, 0.4) is 0 Å². The van der Waals surface area contributed by atoms with Gasteiger partial charge in [-0.3, -0.25) is 4.98 Å². The fraction of sp³-hybridized carbons (Fsp3) is 0.393. The van der Waals surface area contributed by atoms with Gasteiger partial charge >= 0.3 is 6.18 Å². The number of nitrogens with one attached hydrogen (secondary N) is 2. The maximum absolute atomic E-state index is 13.9. The predicted octanol–water partition coefficient (Wildman–Crippen LogP) is 6.90. The summed E-state index contributed by atoms with van der Waals surface area (Å²) in [6.45, 7) is 1.48. The van der Waals surface area contributed by atoms with Crippen LogP contribution in [-0.2, 0) is 5.54 Å². The molecule has 224 valence electrons. The van der Waals surface area contributed by atoms with Gasteiger partial charge in [-0.05, 0) is 50.8 Å².